The highest BCUT2D eigenvalue weighted by Crippen LogP contribution is 2.30. The van der Waals surface area contributed by atoms with Crippen LogP contribution in [0, 0.1) is 5.92 Å². The van der Waals surface area contributed by atoms with E-state index in [-0.39, 0.29) is 24.0 Å². The van der Waals surface area contributed by atoms with Gasteiger partial charge in [-0.2, -0.15) is 0 Å². The zero-order valence-corrected chi connectivity index (χ0v) is 13.6. The van der Waals surface area contributed by atoms with Crippen LogP contribution in [0.25, 0.3) is 0 Å². The fourth-order valence-electron chi connectivity index (χ4n) is 2.92. The third-order valence-corrected chi connectivity index (χ3v) is 4.32. The van der Waals surface area contributed by atoms with Gasteiger partial charge in [0.1, 0.15) is 0 Å². The van der Waals surface area contributed by atoms with Crippen molar-refractivity contribution in [3.8, 4) is 0 Å². The monoisotopic (exact) mass is 364 g/mol. The van der Waals surface area contributed by atoms with Gasteiger partial charge in [0.05, 0.1) is 6.54 Å². The maximum atomic E-state index is 4.48. The molecule has 0 aromatic rings. The van der Waals surface area contributed by atoms with Gasteiger partial charge in [-0.25, -0.2) is 0 Å². The zero-order valence-electron chi connectivity index (χ0n) is 11.3. The predicted molar refractivity (Wildman–Crippen MR) is 85.7 cm³/mol. The number of guanidine groups is 1. The van der Waals surface area contributed by atoms with Gasteiger partial charge >= 0.3 is 0 Å². The van der Waals surface area contributed by atoms with E-state index in [1.54, 1.807) is 0 Å². The lowest BCUT2D eigenvalue weighted by molar-refractivity contribution is 0.177. The lowest BCUT2D eigenvalue weighted by Gasteiger charge is -2.32. The number of rotatable bonds is 3. The first-order valence-electron chi connectivity index (χ1n) is 7.06. The molecule has 1 aliphatic carbocycles. The third kappa shape index (κ3) is 3.50. The van der Waals surface area contributed by atoms with E-state index in [9.17, 15) is 0 Å². The number of aliphatic imine (C=N–C) groups is 1. The van der Waals surface area contributed by atoms with Gasteiger partial charge in [-0.15, -0.1) is 24.0 Å². The van der Waals surface area contributed by atoms with Gasteiger partial charge in [0, 0.05) is 26.2 Å². The summed E-state index contributed by atoms with van der Waals surface area (Å²) >= 11 is 0. The molecule has 2 heterocycles. The van der Waals surface area contributed by atoms with Crippen molar-refractivity contribution in [3.63, 3.8) is 0 Å². The summed E-state index contributed by atoms with van der Waals surface area (Å²) < 4.78 is 0. The van der Waals surface area contributed by atoms with E-state index in [2.05, 4.69) is 27.2 Å². The van der Waals surface area contributed by atoms with Crippen LogP contribution < -0.4 is 5.32 Å². The summed E-state index contributed by atoms with van der Waals surface area (Å²) in [5.74, 6) is 1.95. The summed E-state index contributed by atoms with van der Waals surface area (Å²) in [5, 5.41) is 3.52. The van der Waals surface area contributed by atoms with Crippen molar-refractivity contribution in [2.45, 2.75) is 31.7 Å². The molecule has 0 atom stereocenters. The summed E-state index contributed by atoms with van der Waals surface area (Å²) in [6.45, 7) is 5.78. The first-order valence-corrected chi connectivity index (χ1v) is 7.06. The van der Waals surface area contributed by atoms with Crippen molar-refractivity contribution in [1.82, 2.24) is 15.1 Å². The molecule has 0 spiro atoms. The van der Waals surface area contributed by atoms with Gasteiger partial charge in [-0.3, -0.25) is 4.99 Å². The van der Waals surface area contributed by atoms with Gasteiger partial charge in [0.15, 0.2) is 5.96 Å². The highest BCUT2D eigenvalue weighted by Gasteiger charge is 2.31. The molecule has 1 saturated heterocycles. The summed E-state index contributed by atoms with van der Waals surface area (Å²) in [6.07, 6.45) is 5.62. The van der Waals surface area contributed by atoms with Crippen LogP contribution >= 0.6 is 24.0 Å². The molecule has 2 fully saturated rings. The maximum absolute atomic E-state index is 4.48. The van der Waals surface area contributed by atoms with Gasteiger partial charge < -0.3 is 15.1 Å². The number of nitrogens with one attached hydrogen (secondary N) is 1. The number of likely N-dealkylation sites (tertiary alicyclic amines) is 1. The lowest BCUT2D eigenvalue weighted by Crippen LogP contribution is -2.42. The summed E-state index contributed by atoms with van der Waals surface area (Å²) in [7, 11) is 2.12. The molecule has 0 aromatic carbocycles. The molecule has 4 nitrogen and oxygen atoms in total. The number of nitrogens with zero attached hydrogens (tertiary/aromatic N) is 3. The molecular weight excluding hydrogens is 339 g/mol. The van der Waals surface area contributed by atoms with Gasteiger partial charge in [0.25, 0.3) is 0 Å². The molecular formula is C13H25IN4. The first kappa shape index (κ1) is 14.4. The summed E-state index contributed by atoms with van der Waals surface area (Å²) in [5.41, 5.74) is 0. The Labute approximate surface area is 127 Å². The minimum absolute atomic E-state index is 0. The Hall–Kier alpha value is -0.0400. The molecule has 3 aliphatic rings. The number of hydrogen-bond acceptors (Lipinski definition) is 4. The smallest absolute Gasteiger partial charge is 0.193 e. The summed E-state index contributed by atoms with van der Waals surface area (Å²) in [4.78, 5) is 9.39. The largest absolute Gasteiger partial charge is 0.356 e. The minimum Gasteiger partial charge on any atom is -0.356 e. The molecule has 1 N–H and O–H groups in total. The van der Waals surface area contributed by atoms with Crippen LogP contribution in [0.4, 0.5) is 0 Å². The highest BCUT2D eigenvalue weighted by molar-refractivity contribution is 14.0. The van der Waals surface area contributed by atoms with E-state index in [0.29, 0.717) is 0 Å². The van der Waals surface area contributed by atoms with E-state index in [1.807, 2.05) is 0 Å². The average molecular weight is 364 g/mol. The lowest BCUT2D eigenvalue weighted by atomic mass is 9.97. The van der Waals surface area contributed by atoms with Crippen LogP contribution in [0.5, 0.6) is 0 Å². The molecule has 0 aromatic heterocycles. The molecule has 2 aliphatic heterocycles. The van der Waals surface area contributed by atoms with E-state index >= 15 is 0 Å². The van der Waals surface area contributed by atoms with E-state index < -0.39 is 0 Å². The van der Waals surface area contributed by atoms with Crippen LogP contribution in [0.3, 0.4) is 0 Å². The topological polar surface area (TPSA) is 30.9 Å². The van der Waals surface area contributed by atoms with Crippen LogP contribution in [0.1, 0.15) is 25.7 Å². The molecule has 3 rings (SSSR count). The van der Waals surface area contributed by atoms with E-state index in [0.717, 1.165) is 37.6 Å². The second-order valence-electron chi connectivity index (χ2n) is 5.72. The van der Waals surface area contributed by atoms with Crippen LogP contribution in [0.2, 0.25) is 0 Å². The quantitative estimate of drug-likeness (QED) is 0.768. The van der Waals surface area contributed by atoms with Gasteiger partial charge in [-0.05, 0) is 44.7 Å². The van der Waals surface area contributed by atoms with Gasteiger partial charge in [-0.1, -0.05) is 0 Å². The van der Waals surface area contributed by atoms with Crippen molar-refractivity contribution >= 4 is 29.9 Å². The third-order valence-electron chi connectivity index (χ3n) is 4.32. The Morgan fingerprint density at radius 3 is 2.44 bits per heavy atom. The molecule has 1 saturated carbocycles. The predicted octanol–water partition coefficient (Wildman–Crippen LogP) is 1.37. The van der Waals surface area contributed by atoms with E-state index in [4.69, 9.17) is 0 Å². The summed E-state index contributed by atoms with van der Waals surface area (Å²) in [6, 6.07) is 0.953. The molecule has 5 heteroatoms. The molecule has 0 amide bonds. The maximum Gasteiger partial charge on any atom is 0.193 e. The number of piperidine rings is 1. The highest BCUT2D eigenvalue weighted by atomic mass is 127. The number of halogens is 1. The SMILES string of the molecule is CN1CCN=C1NCC1CCN(C2CC2)CC1.I. The van der Waals surface area contributed by atoms with Crippen molar-refractivity contribution < 1.29 is 0 Å². The van der Waals surface area contributed by atoms with Crippen LogP contribution in [0.15, 0.2) is 4.99 Å². The second kappa shape index (κ2) is 6.41. The normalized spacial score (nSPS) is 25.8. The minimum atomic E-state index is 0. The molecule has 18 heavy (non-hydrogen) atoms. The Kier molecular flexibility index (Phi) is 5.12. The zero-order chi connectivity index (χ0) is 11.7. The van der Waals surface area contributed by atoms with Crippen molar-refractivity contribution in [1.29, 1.82) is 0 Å². The average Bonchev–Trinajstić information content (AvgIpc) is 3.12. The van der Waals surface area contributed by atoms with Crippen molar-refractivity contribution in [2.24, 2.45) is 10.9 Å². The number of hydrogen-bond donors (Lipinski definition) is 1. The van der Waals surface area contributed by atoms with E-state index in [1.165, 1.54) is 38.8 Å². The van der Waals surface area contributed by atoms with Crippen LogP contribution in [-0.4, -0.2) is 61.6 Å². The second-order valence-corrected chi connectivity index (χ2v) is 5.72. The van der Waals surface area contributed by atoms with Crippen molar-refractivity contribution in [3.05, 3.63) is 0 Å². The Morgan fingerprint density at radius 1 is 1.17 bits per heavy atom. The molecule has 0 bridgehead atoms. The molecule has 0 radical (unpaired) electrons. The van der Waals surface area contributed by atoms with Crippen LogP contribution in [-0.2, 0) is 0 Å². The fourth-order valence-corrected chi connectivity index (χ4v) is 2.92. The Balaban J connectivity index is 0.00000120. The number of likely N-dealkylation sites (N-methyl/N-ethyl adjacent to an activating group) is 1. The Morgan fingerprint density at radius 2 is 1.89 bits per heavy atom. The fraction of sp³-hybridized carbons (Fsp3) is 0.923. The standard InChI is InChI=1S/C13H24N4.HI/c1-16-9-6-14-13(16)15-10-11-4-7-17(8-5-11)12-2-3-12;/h11-12H,2-10H2,1H3,(H,14,15);1H. The molecule has 104 valence electrons. The Bertz CT molecular complexity index is 295. The van der Waals surface area contributed by atoms with Crippen molar-refractivity contribution in [2.75, 3.05) is 39.8 Å². The molecule has 0 unspecified atom stereocenters. The first-order chi connectivity index (χ1) is 8.33. The van der Waals surface area contributed by atoms with Gasteiger partial charge in [0.2, 0.25) is 0 Å².